The third kappa shape index (κ3) is 7.93. The monoisotopic (exact) mass is 561 g/mol. The number of likely N-dealkylation sites (tertiary alicyclic amines) is 1. The van der Waals surface area contributed by atoms with Gasteiger partial charge in [-0.2, -0.15) is 0 Å². The Labute approximate surface area is 233 Å². The number of ketones is 3. The van der Waals surface area contributed by atoms with Gasteiger partial charge in [-0.15, -0.1) is 23.5 Å². The van der Waals surface area contributed by atoms with E-state index in [0.717, 1.165) is 31.0 Å². The van der Waals surface area contributed by atoms with Crippen molar-refractivity contribution in [2.75, 3.05) is 24.6 Å². The molecule has 8 nitrogen and oxygen atoms in total. The summed E-state index contributed by atoms with van der Waals surface area (Å²) in [6.07, 6.45) is 2.62. The molecule has 2 heterocycles. The van der Waals surface area contributed by atoms with Crippen molar-refractivity contribution >= 4 is 52.7 Å². The van der Waals surface area contributed by atoms with E-state index in [1.54, 1.807) is 30.3 Å². The first-order valence-corrected chi connectivity index (χ1v) is 15.4. The summed E-state index contributed by atoms with van der Waals surface area (Å²) in [5.41, 5.74) is 5.98. The minimum absolute atomic E-state index is 0.0278. The van der Waals surface area contributed by atoms with E-state index < -0.39 is 35.3 Å². The van der Waals surface area contributed by atoms with Gasteiger partial charge in [0.1, 0.15) is 6.04 Å². The summed E-state index contributed by atoms with van der Waals surface area (Å²) in [6.45, 7) is 5.62. The van der Waals surface area contributed by atoms with Gasteiger partial charge >= 0.3 is 0 Å². The standard InChI is InChI=1S/C28H39N3O5S2/c1-3-9-20(16-23(33)21-17-28(18-31(21)4-2)37-14-8-15-38-28)26(35)22(32)12-13-24(34)30-25(27(29)36)19-10-6-5-7-11-19/h5-7,10-11,20-21,25H,3-4,8-9,12-18H2,1-2H3,(H2,29,36)(H,30,34)/t20?,21-,25-/m0/s1. The van der Waals surface area contributed by atoms with E-state index in [2.05, 4.69) is 17.1 Å². The molecule has 2 fully saturated rings. The van der Waals surface area contributed by atoms with Crippen LogP contribution in [0.3, 0.4) is 0 Å². The summed E-state index contributed by atoms with van der Waals surface area (Å²) in [4.78, 5) is 65.8. The summed E-state index contributed by atoms with van der Waals surface area (Å²) in [5, 5.41) is 2.55. The van der Waals surface area contributed by atoms with Gasteiger partial charge in [0.25, 0.3) is 0 Å². The van der Waals surface area contributed by atoms with Gasteiger partial charge in [0.15, 0.2) is 11.6 Å². The maximum Gasteiger partial charge on any atom is 0.244 e. The van der Waals surface area contributed by atoms with Gasteiger partial charge in [-0.3, -0.25) is 28.9 Å². The van der Waals surface area contributed by atoms with Crippen molar-refractivity contribution in [1.82, 2.24) is 10.2 Å². The number of benzene rings is 1. The lowest BCUT2D eigenvalue weighted by Crippen LogP contribution is -2.39. The molecule has 3 N–H and O–H groups in total. The number of hydrogen-bond donors (Lipinski definition) is 2. The number of carbonyl (C=O) groups is 5. The molecule has 0 bridgehead atoms. The van der Waals surface area contributed by atoms with E-state index in [0.29, 0.717) is 18.4 Å². The molecule has 0 aliphatic carbocycles. The lowest BCUT2D eigenvalue weighted by atomic mass is 9.87. The first-order valence-electron chi connectivity index (χ1n) is 13.4. The van der Waals surface area contributed by atoms with E-state index in [4.69, 9.17) is 5.73 Å². The minimum atomic E-state index is -1.02. The Bertz CT molecular complexity index is 1010. The Kier molecular flexibility index (Phi) is 11.4. The lowest BCUT2D eigenvalue weighted by molar-refractivity contribution is -0.141. The average Bonchev–Trinajstić information content (AvgIpc) is 3.28. The highest BCUT2D eigenvalue weighted by atomic mass is 32.2. The van der Waals surface area contributed by atoms with Crippen LogP contribution in [0.4, 0.5) is 0 Å². The number of hydrogen-bond acceptors (Lipinski definition) is 8. The maximum absolute atomic E-state index is 13.4. The fraction of sp³-hybridized carbons (Fsp3) is 0.607. The highest BCUT2D eigenvalue weighted by Gasteiger charge is 2.48. The van der Waals surface area contributed by atoms with Gasteiger partial charge in [-0.25, -0.2) is 0 Å². The molecule has 2 saturated heterocycles. The maximum atomic E-state index is 13.4. The van der Waals surface area contributed by atoms with Crippen LogP contribution >= 0.6 is 23.5 Å². The molecule has 38 heavy (non-hydrogen) atoms. The number of nitrogens with one attached hydrogen (secondary N) is 1. The number of likely N-dealkylation sites (N-methyl/N-ethyl adjacent to an activating group) is 1. The lowest BCUT2D eigenvalue weighted by Gasteiger charge is -2.31. The highest BCUT2D eigenvalue weighted by Crippen LogP contribution is 2.50. The molecule has 10 heteroatoms. The van der Waals surface area contributed by atoms with E-state index in [-0.39, 0.29) is 35.2 Å². The van der Waals surface area contributed by atoms with Crippen molar-refractivity contribution in [3.05, 3.63) is 35.9 Å². The molecular formula is C28H39N3O5S2. The zero-order chi connectivity index (χ0) is 27.7. The Morgan fingerprint density at radius 2 is 1.76 bits per heavy atom. The topological polar surface area (TPSA) is 127 Å². The van der Waals surface area contributed by atoms with Crippen molar-refractivity contribution in [1.29, 1.82) is 0 Å². The van der Waals surface area contributed by atoms with E-state index in [1.165, 1.54) is 6.42 Å². The van der Waals surface area contributed by atoms with Crippen LogP contribution in [0.1, 0.15) is 70.4 Å². The third-order valence-corrected chi connectivity index (χ3v) is 10.6. The van der Waals surface area contributed by atoms with Crippen molar-refractivity contribution in [3.8, 4) is 0 Å². The molecule has 0 saturated carbocycles. The SMILES string of the molecule is CCCC(CC(=O)[C@@H]1CC2(CN1CC)SCCCS2)C(=O)C(=O)CCC(=O)N[C@H](C(N)=O)c1ccccc1. The van der Waals surface area contributed by atoms with E-state index >= 15 is 0 Å². The summed E-state index contributed by atoms with van der Waals surface area (Å²) in [6, 6.07) is 7.34. The zero-order valence-corrected chi connectivity index (χ0v) is 23.9. The first-order chi connectivity index (χ1) is 18.2. The second-order valence-corrected chi connectivity index (χ2v) is 13.2. The largest absolute Gasteiger partial charge is 0.368 e. The van der Waals surface area contributed by atoms with Gasteiger partial charge in [-0.05, 0) is 42.9 Å². The molecule has 3 atom stereocenters. The van der Waals surface area contributed by atoms with Crippen molar-refractivity contribution < 1.29 is 24.0 Å². The summed E-state index contributed by atoms with van der Waals surface area (Å²) in [5.74, 6) is -0.929. The van der Waals surface area contributed by atoms with Gasteiger partial charge in [-0.1, -0.05) is 50.6 Å². The third-order valence-electron chi connectivity index (χ3n) is 7.22. The molecule has 2 aliphatic heterocycles. The van der Waals surface area contributed by atoms with Crippen LogP contribution in [0.25, 0.3) is 0 Å². The molecule has 1 aromatic rings. The van der Waals surface area contributed by atoms with Crippen LogP contribution in [0.5, 0.6) is 0 Å². The summed E-state index contributed by atoms with van der Waals surface area (Å²) >= 11 is 3.90. The average molecular weight is 562 g/mol. The van der Waals surface area contributed by atoms with Gasteiger partial charge in [0.05, 0.1) is 10.1 Å². The van der Waals surface area contributed by atoms with Gasteiger partial charge < -0.3 is 11.1 Å². The van der Waals surface area contributed by atoms with Crippen LogP contribution in [0, 0.1) is 5.92 Å². The van der Waals surface area contributed by atoms with Crippen molar-refractivity contribution in [2.24, 2.45) is 11.7 Å². The Morgan fingerprint density at radius 1 is 1.08 bits per heavy atom. The van der Waals surface area contributed by atoms with Crippen LogP contribution < -0.4 is 11.1 Å². The quantitative estimate of drug-likeness (QED) is 0.332. The van der Waals surface area contributed by atoms with E-state index in [1.807, 2.05) is 30.4 Å². The molecular weight excluding hydrogens is 522 g/mol. The normalized spacial score (nSPS) is 20.5. The van der Waals surface area contributed by atoms with Crippen LogP contribution in [-0.4, -0.2) is 68.8 Å². The second-order valence-electron chi connectivity index (χ2n) is 10.0. The molecule has 3 rings (SSSR count). The van der Waals surface area contributed by atoms with Crippen LogP contribution in [0.15, 0.2) is 30.3 Å². The van der Waals surface area contributed by atoms with Crippen LogP contribution in [0.2, 0.25) is 0 Å². The van der Waals surface area contributed by atoms with Gasteiger partial charge in [0, 0.05) is 31.7 Å². The number of amides is 2. The molecule has 1 unspecified atom stereocenters. The Balaban J connectivity index is 1.56. The fourth-order valence-electron chi connectivity index (χ4n) is 5.21. The highest BCUT2D eigenvalue weighted by molar-refractivity contribution is 8.18. The molecule has 1 aromatic carbocycles. The number of primary amides is 1. The molecule has 208 valence electrons. The Morgan fingerprint density at radius 3 is 2.37 bits per heavy atom. The molecule has 1 spiro atoms. The van der Waals surface area contributed by atoms with Crippen molar-refractivity contribution in [3.63, 3.8) is 0 Å². The first kappa shape index (κ1) is 30.4. The van der Waals surface area contributed by atoms with Crippen LogP contribution in [-0.2, 0) is 24.0 Å². The number of carbonyl (C=O) groups excluding carboxylic acids is 5. The molecule has 0 aromatic heterocycles. The minimum Gasteiger partial charge on any atom is -0.368 e. The zero-order valence-electron chi connectivity index (χ0n) is 22.3. The second kappa shape index (κ2) is 14.3. The predicted molar refractivity (Wildman–Crippen MR) is 152 cm³/mol. The predicted octanol–water partition coefficient (Wildman–Crippen LogP) is 3.28. The molecule has 2 aliphatic rings. The number of nitrogens with zero attached hydrogens (tertiary/aromatic N) is 1. The number of thioether (sulfide) groups is 2. The Hall–Kier alpha value is -2.17. The molecule has 0 radical (unpaired) electrons. The van der Waals surface area contributed by atoms with Gasteiger partial charge in [0.2, 0.25) is 17.6 Å². The summed E-state index contributed by atoms with van der Waals surface area (Å²) in [7, 11) is 0. The number of Topliss-reactive ketones (excluding diaryl/α,β-unsaturated/α-hetero) is 3. The fourth-order valence-corrected chi connectivity index (χ4v) is 8.62. The smallest absolute Gasteiger partial charge is 0.244 e. The van der Waals surface area contributed by atoms with Crippen molar-refractivity contribution in [2.45, 2.75) is 75.0 Å². The number of rotatable bonds is 14. The van der Waals surface area contributed by atoms with E-state index in [9.17, 15) is 24.0 Å². The summed E-state index contributed by atoms with van der Waals surface area (Å²) < 4.78 is 0.0462. The molecule has 2 amide bonds. The number of nitrogens with two attached hydrogens (primary N) is 1.